The van der Waals surface area contributed by atoms with E-state index in [0.29, 0.717) is 0 Å². The second-order valence-corrected chi connectivity index (χ2v) is 2.14. The van der Waals surface area contributed by atoms with Crippen LogP contribution in [0.5, 0.6) is 0 Å². The van der Waals surface area contributed by atoms with Crippen molar-refractivity contribution < 1.29 is 0 Å². The van der Waals surface area contributed by atoms with Crippen LogP contribution < -0.4 is 0 Å². The average Bonchev–Trinajstić information content (AvgIpc) is 2.43. The van der Waals surface area contributed by atoms with Gasteiger partial charge in [-0.15, -0.1) is 0 Å². The number of hydrogen-bond acceptors (Lipinski definition) is 1. The zero-order chi connectivity index (χ0) is 7.11. The molecule has 0 unspecified atom stereocenters. The summed E-state index contributed by atoms with van der Waals surface area (Å²) in [5.74, 6) is 0. The standard InChI is InChI=1S/C6H13N.C2H6.CH4/c1-2-7-5-3-4-6-7;1-2;/h2-6H2,1H3;1-2H3;1H4. The Hall–Kier alpha value is -0.0400. The molecule has 1 saturated heterocycles. The van der Waals surface area contributed by atoms with E-state index >= 15 is 0 Å². The minimum absolute atomic E-state index is 0. The number of nitrogens with zero attached hydrogens (tertiary/aromatic N) is 1. The van der Waals surface area contributed by atoms with E-state index in [-0.39, 0.29) is 7.43 Å². The lowest BCUT2D eigenvalue weighted by Gasteiger charge is -2.08. The quantitative estimate of drug-likeness (QED) is 0.548. The van der Waals surface area contributed by atoms with Gasteiger partial charge in [0.15, 0.2) is 0 Å². The molecule has 1 aliphatic heterocycles. The maximum Gasteiger partial charge on any atom is -0.00184 e. The van der Waals surface area contributed by atoms with Crippen LogP contribution in [0.25, 0.3) is 0 Å². The van der Waals surface area contributed by atoms with Gasteiger partial charge in [0.25, 0.3) is 0 Å². The maximum atomic E-state index is 2.49. The Balaban J connectivity index is 0. The monoisotopic (exact) mass is 145 g/mol. The van der Waals surface area contributed by atoms with Crippen molar-refractivity contribution >= 4 is 0 Å². The molecular weight excluding hydrogens is 122 g/mol. The minimum atomic E-state index is 0. The van der Waals surface area contributed by atoms with Crippen LogP contribution in [0, 0.1) is 0 Å². The van der Waals surface area contributed by atoms with Gasteiger partial charge >= 0.3 is 0 Å². The van der Waals surface area contributed by atoms with E-state index < -0.39 is 0 Å². The van der Waals surface area contributed by atoms with Crippen molar-refractivity contribution in [2.45, 2.75) is 41.0 Å². The second-order valence-electron chi connectivity index (χ2n) is 2.14. The molecule has 0 aromatic carbocycles. The Morgan fingerprint density at radius 2 is 1.50 bits per heavy atom. The molecule has 64 valence electrons. The molecule has 0 aromatic rings. The van der Waals surface area contributed by atoms with Gasteiger partial charge in [0.2, 0.25) is 0 Å². The Bertz CT molecular complexity index is 46.7. The fourth-order valence-electron chi connectivity index (χ4n) is 1.10. The summed E-state index contributed by atoms with van der Waals surface area (Å²) in [6.07, 6.45) is 2.85. The number of rotatable bonds is 1. The Kier molecular flexibility index (Phi) is 11.3. The van der Waals surface area contributed by atoms with E-state index in [4.69, 9.17) is 0 Å². The third-order valence-electron chi connectivity index (χ3n) is 1.65. The van der Waals surface area contributed by atoms with Crippen LogP contribution in [-0.2, 0) is 0 Å². The van der Waals surface area contributed by atoms with Crippen LogP contribution in [0.4, 0.5) is 0 Å². The summed E-state index contributed by atoms with van der Waals surface area (Å²) >= 11 is 0. The van der Waals surface area contributed by atoms with Crippen LogP contribution in [-0.4, -0.2) is 24.5 Å². The SMILES string of the molecule is C.CC.CCN1CCCC1. The van der Waals surface area contributed by atoms with E-state index in [1.165, 1.54) is 32.5 Å². The van der Waals surface area contributed by atoms with Crippen molar-refractivity contribution in [3.8, 4) is 0 Å². The fourth-order valence-corrected chi connectivity index (χ4v) is 1.10. The summed E-state index contributed by atoms with van der Waals surface area (Å²) in [6.45, 7) is 10.2. The molecule has 1 fully saturated rings. The van der Waals surface area contributed by atoms with Gasteiger partial charge in [-0.05, 0) is 32.5 Å². The van der Waals surface area contributed by atoms with Crippen molar-refractivity contribution in [1.29, 1.82) is 0 Å². The van der Waals surface area contributed by atoms with Gasteiger partial charge in [-0.3, -0.25) is 0 Å². The normalized spacial score (nSPS) is 17.1. The van der Waals surface area contributed by atoms with Crippen LogP contribution in [0.2, 0.25) is 0 Å². The van der Waals surface area contributed by atoms with Crippen molar-refractivity contribution in [3.63, 3.8) is 0 Å². The molecule has 1 nitrogen and oxygen atoms in total. The smallest absolute Gasteiger partial charge is 0.00184 e. The zero-order valence-electron chi connectivity index (χ0n) is 6.98. The Morgan fingerprint density at radius 1 is 1.10 bits per heavy atom. The van der Waals surface area contributed by atoms with Crippen molar-refractivity contribution in [2.75, 3.05) is 19.6 Å². The van der Waals surface area contributed by atoms with Gasteiger partial charge in [0.05, 0.1) is 0 Å². The van der Waals surface area contributed by atoms with Crippen molar-refractivity contribution in [3.05, 3.63) is 0 Å². The third kappa shape index (κ3) is 4.80. The molecule has 10 heavy (non-hydrogen) atoms. The molecule has 0 aromatic heterocycles. The zero-order valence-corrected chi connectivity index (χ0v) is 6.98. The average molecular weight is 145 g/mol. The van der Waals surface area contributed by atoms with E-state index in [0.717, 1.165) is 0 Å². The van der Waals surface area contributed by atoms with Gasteiger partial charge in [-0.25, -0.2) is 0 Å². The Morgan fingerprint density at radius 3 is 1.70 bits per heavy atom. The molecule has 0 radical (unpaired) electrons. The molecule has 1 rings (SSSR count). The molecule has 0 spiro atoms. The van der Waals surface area contributed by atoms with E-state index in [1.54, 1.807) is 0 Å². The number of hydrogen-bond donors (Lipinski definition) is 0. The van der Waals surface area contributed by atoms with Crippen molar-refractivity contribution in [2.24, 2.45) is 0 Å². The first-order valence-electron chi connectivity index (χ1n) is 4.16. The highest BCUT2D eigenvalue weighted by atomic mass is 15.1. The van der Waals surface area contributed by atoms with Gasteiger partial charge in [0.1, 0.15) is 0 Å². The Labute approximate surface area is 66.4 Å². The van der Waals surface area contributed by atoms with Gasteiger partial charge < -0.3 is 4.90 Å². The second kappa shape index (κ2) is 8.96. The minimum Gasteiger partial charge on any atom is -0.304 e. The summed E-state index contributed by atoms with van der Waals surface area (Å²) in [5.41, 5.74) is 0. The largest absolute Gasteiger partial charge is 0.304 e. The maximum absolute atomic E-state index is 2.49. The highest BCUT2D eigenvalue weighted by Gasteiger charge is 2.06. The summed E-state index contributed by atoms with van der Waals surface area (Å²) in [6, 6.07) is 0. The summed E-state index contributed by atoms with van der Waals surface area (Å²) < 4.78 is 0. The highest BCUT2D eigenvalue weighted by molar-refractivity contribution is 4.62. The van der Waals surface area contributed by atoms with Crippen LogP contribution >= 0.6 is 0 Å². The molecule has 0 amide bonds. The first-order chi connectivity index (χ1) is 4.43. The lowest BCUT2D eigenvalue weighted by molar-refractivity contribution is 0.359. The molecule has 1 aliphatic rings. The summed E-state index contributed by atoms with van der Waals surface area (Å²) in [7, 11) is 0. The first kappa shape index (κ1) is 12.6. The van der Waals surface area contributed by atoms with Crippen LogP contribution in [0.1, 0.15) is 41.0 Å². The lowest BCUT2D eigenvalue weighted by atomic mass is 10.4. The van der Waals surface area contributed by atoms with Crippen LogP contribution in [0.15, 0.2) is 0 Å². The highest BCUT2D eigenvalue weighted by Crippen LogP contribution is 2.04. The topological polar surface area (TPSA) is 3.24 Å². The van der Waals surface area contributed by atoms with Gasteiger partial charge in [0, 0.05) is 0 Å². The summed E-state index contributed by atoms with van der Waals surface area (Å²) in [5, 5.41) is 0. The fraction of sp³-hybridized carbons (Fsp3) is 1.00. The number of likely N-dealkylation sites (tertiary alicyclic amines) is 1. The lowest BCUT2D eigenvalue weighted by Crippen LogP contribution is -2.17. The van der Waals surface area contributed by atoms with Crippen LogP contribution in [0.3, 0.4) is 0 Å². The van der Waals surface area contributed by atoms with E-state index in [2.05, 4.69) is 11.8 Å². The molecule has 0 saturated carbocycles. The first-order valence-corrected chi connectivity index (χ1v) is 4.16. The molecule has 0 atom stereocenters. The third-order valence-corrected chi connectivity index (χ3v) is 1.65. The predicted octanol–water partition coefficient (Wildman–Crippen LogP) is 2.76. The molecule has 1 heterocycles. The molecular formula is C9H23N. The summed E-state index contributed by atoms with van der Waals surface area (Å²) in [4.78, 5) is 2.49. The molecule has 1 heteroatoms. The van der Waals surface area contributed by atoms with E-state index in [1.807, 2.05) is 13.8 Å². The molecule has 0 bridgehead atoms. The van der Waals surface area contributed by atoms with Gasteiger partial charge in [-0.2, -0.15) is 0 Å². The predicted molar refractivity (Wildman–Crippen MR) is 49.4 cm³/mol. The van der Waals surface area contributed by atoms with E-state index in [9.17, 15) is 0 Å². The molecule has 0 N–H and O–H groups in total. The molecule has 0 aliphatic carbocycles. The van der Waals surface area contributed by atoms with Gasteiger partial charge in [-0.1, -0.05) is 28.2 Å². The van der Waals surface area contributed by atoms with Crippen molar-refractivity contribution in [1.82, 2.24) is 4.90 Å².